The number of nitrogens with one attached hydrogen (secondary N) is 1. The fraction of sp³-hybridized carbons (Fsp3) is 0.250. The maximum Gasteiger partial charge on any atom is 0.323 e. The van der Waals surface area contributed by atoms with E-state index in [0.29, 0.717) is 18.9 Å². The molecule has 0 spiro atoms. The second-order valence-electron chi connectivity index (χ2n) is 3.02. The first-order valence-electron chi connectivity index (χ1n) is 4.34. The monoisotopic (exact) mass is 208 g/mol. The van der Waals surface area contributed by atoms with Gasteiger partial charge in [-0.3, -0.25) is 15.0 Å². The number of pyridine rings is 1. The molecule has 0 radical (unpaired) electrons. The Morgan fingerprint density at radius 3 is 2.80 bits per heavy atom. The summed E-state index contributed by atoms with van der Waals surface area (Å²) >= 11 is 0. The third kappa shape index (κ3) is 1.71. The number of nitro groups is 1. The van der Waals surface area contributed by atoms with E-state index in [2.05, 4.69) is 10.3 Å². The maximum atomic E-state index is 11.2. The lowest BCUT2D eigenvalue weighted by molar-refractivity contribution is -0.385. The molecule has 15 heavy (non-hydrogen) atoms. The Labute approximate surface area is 84.9 Å². The smallest absolute Gasteiger partial charge is 0.323 e. The van der Waals surface area contributed by atoms with Crippen LogP contribution in [0.1, 0.15) is 0 Å². The summed E-state index contributed by atoms with van der Waals surface area (Å²) in [5.74, 6) is 0.426. The molecule has 7 heteroatoms. The van der Waals surface area contributed by atoms with Crippen molar-refractivity contribution in [3.05, 3.63) is 28.4 Å². The summed E-state index contributed by atoms with van der Waals surface area (Å²) in [6.45, 7) is 1.10. The van der Waals surface area contributed by atoms with Crippen molar-refractivity contribution in [3.63, 3.8) is 0 Å². The van der Waals surface area contributed by atoms with Crippen molar-refractivity contribution in [1.82, 2.24) is 10.3 Å². The molecule has 2 rings (SSSR count). The number of rotatable bonds is 2. The lowest BCUT2D eigenvalue weighted by Gasteiger charge is -2.11. The lowest BCUT2D eigenvalue weighted by Crippen LogP contribution is -2.28. The summed E-state index contributed by atoms with van der Waals surface area (Å²) in [5, 5.41) is 13.0. The second kappa shape index (κ2) is 3.52. The highest BCUT2D eigenvalue weighted by Crippen LogP contribution is 2.16. The topological polar surface area (TPSA) is 88.4 Å². The summed E-state index contributed by atoms with van der Waals surface area (Å²) in [7, 11) is 0. The van der Waals surface area contributed by atoms with Crippen LogP contribution in [0.15, 0.2) is 18.3 Å². The van der Waals surface area contributed by atoms with E-state index in [4.69, 9.17) is 0 Å². The van der Waals surface area contributed by atoms with Gasteiger partial charge in [0.15, 0.2) is 0 Å². The van der Waals surface area contributed by atoms with Crippen molar-refractivity contribution in [2.45, 2.75) is 0 Å². The summed E-state index contributed by atoms with van der Waals surface area (Å²) in [6.07, 6.45) is 1.14. The van der Waals surface area contributed by atoms with Crippen LogP contribution in [0.3, 0.4) is 0 Å². The zero-order valence-electron chi connectivity index (χ0n) is 7.71. The van der Waals surface area contributed by atoms with E-state index in [0.717, 1.165) is 6.20 Å². The molecule has 2 amide bonds. The van der Waals surface area contributed by atoms with Crippen LogP contribution in [-0.4, -0.2) is 29.0 Å². The largest absolute Gasteiger partial charge is 0.336 e. The molecular formula is C8H8N4O3. The van der Waals surface area contributed by atoms with Crippen LogP contribution >= 0.6 is 0 Å². The van der Waals surface area contributed by atoms with Gasteiger partial charge in [0.05, 0.1) is 4.92 Å². The van der Waals surface area contributed by atoms with Gasteiger partial charge in [0.2, 0.25) is 0 Å². The minimum atomic E-state index is -0.527. The minimum absolute atomic E-state index is 0.0849. The molecule has 78 valence electrons. The Hall–Kier alpha value is -2.18. The third-order valence-electron chi connectivity index (χ3n) is 2.08. The summed E-state index contributed by atoms with van der Waals surface area (Å²) in [5.41, 5.74) is -0.0849. The SMILES string of the molecule is O=C1NCCN1c1ccc([N+](=O)[O-])cn1. The van der Waals surface area contributed by atoms with Crippen LogP contribution in [-0.2, 0) is 0 Å². The van der Waals surface area contributed by atoms with Gasteiger partial charge >= 0.3 is 6.03 Å². The van der Waals surface area contributed by atoms with Crippen molar-refractivity contribution >= 4 is 17.5 Å². The fourth-order valence-corrected chi connectivity index (χ4v) is 1.34. The van der Waals surface area contributed by atoms with Crippen LogP contribution in [0.4, 0.5) is 16.3 Å². The molecule has 1 N–H and O–H groups in total. The van der Waals surface area contributed by atoms with Gasteiger partial charge in [-0.05, 0) is 6.07 Å². The molecule has 1 aliphatic heterocycles. The van der Waals surface area contributed by atoms with Crippen LogP contribution in [0, 0.1) is 10.1 Å². The van der Waals surface area contributed by atoms with E-state index in [1.807, 2.05) is 0 Å². The van der Waals surface area contributed by atoms with E-state index >= 15 is 0 Å². The molecule has 0 aliphatic carbocycles. The Bertz CT molecular complexity index is 403. The molecule has 7 nitrogen and oxygen atoms in total. The van der Waals surface area contributed by atoms with Crippen LogP contribution in [0.5, 0.6) is 0 Å². The van der Waals surface area contributed by atoms with Crippen molar-refractivity contribution in [2.24, 2.45) is 0 Å². The number of urea groups is 1. The second-order valence-corrected chi connectivity index (χ2v) is 3.02. The summed E-state index contributed by atoms with van der Waals surface area (Å²) in [6, 6.07) is 2.56. The molecular weight excluding hydrogens is 200 g/mol. The van der Waals surface area contributed by atoms with Crippen molar-refractivity contribution in [2.75, 3.05) is 18.0 Å². The normalized spacial score (nSPS) is 15.2. The first kappa shape index (κ1) is 9.38. The predicted octanol–water partition coefficient (Wildman–Crippen LogP) is 0.519. The Balaban J connectivity index is 2.23. The number of hydrogen-bond acceptors (Lipinski definition) is 4. The van der Waals surface area contributed by atoms with Gasteiger partial charge in [0.25, 0.3) is 5.69 Å². The van der Waals surface area contributed by atoms with Gasteiger partial charge in [-0.2, -0.15) is 0 Å². The highest BCUT2D eigenvalue weighted by molar-refractivity contribution is 5.93. The van der Waals surface area contributed by atoms with E-state index in [9.17, 15) is 14.9 Å². The average molecular weight is 208 g/mol. The third-order valence-corrected chi connectivity index (χ3v) is 2.08. The molecule has 1 aromatic rings. The van der Waals surface area contributed by atoms with Gasteiger partial charge < -0.3 is 5.32 Å². The number of nitrogens with zero attached hydrogens (tertiary/aromatic N) is 3. The highest BCUT2D eigenvalue weighted by Gasteiger charge is 2.22. The lowest BCUT2D eigenvalue weighted by atomic mass is 10.4. The minimum Gasteiger partial charge on any atom is -0.336 e. The zero-order valence-corrected chi connectivity index (χ0v) is 7.71. The maximum absolute atomic E-state index is 11.2. The number of carbonyl (C=O) groups is 1. The molecule has 2 heterocycles. The van der Waals surface area contributed by atoms with Gasteiger partial charge in [-0.25, -0.2) is 9.78 Å². The molecule has 1 saturated heterocycles. The van der Waals surface area contributed by atoms with Crippen molar-refractivity contribution in [3.8, 4) is 0 Å². The summed E-state index contributed by atoms with van der Waals surface area (Å²) in [4.78, 5) is 26.4. The number of hydrogen-bond donors (Lipinski definition) is 1. The molecule has 0 unspecified atom stereocenters. The quantitative estimate of drug-likeness (QED) is 0.566. The average Bonchev–Trinajstić information content (AvgIpc) is 2.65. The molecule has 0 bridgehead atoms. The molecule has 1 fully saturated rings. The van der Waals surface area contributed by atoms with Crippen LogP contribution < -0.4 is 10.2 Å². The standard InChI is InChI=1S/C8H8N4O3/c13-8-9-3-4-11(8)7-2-1-6(5-10-7)12(14)15/h1-2,5H,3-4H2,(H,9,13). The van der Waals surface area contributed by atoms with Crippen molar-refractivity contribution in [1.29, 1.82) is 0 Å². The number of amides is 2. The van der Waals surface area contributed by atoms with Gasteiger partial charge in [0.1, 0.15) is 12.0 Å². The predicted molar refractivity (Wildman–Crippen MR) is 51.6 cm³/mol. The first-order valence-corrected chi connectivity index (χ1v) is 4.34. The Morgan fingerprint density at radius 2 is 2.33 bits per heavy atom. The molecule has 0 atom stereocenters. The van der Waals surface area contributed by atoms with E-state index < -0.39 is 4.92 Å². The highest BCUT2D eigenvalue weighted by atomic mass is 16.6. The summed E-state index contributed by atoms with van der Waals surface area (Å²) < 4.78 is 0. The van der Waals surface area contributed by atoms with E-state index in [1.54, 1.807) is 0 Å². The first-order chi connectivity index (χ1) is 7.18. The number of anilines is 1. The van der Waals surface area contributed by atoms with Crippen LogP contribution in [0.25, 0.3) is 0 Å². The van der Waals surface area contributed by atoms with E-state index in [-0.39, 0.29) is 11.7 Å². The van der Waals surface area contributed by atoms with E-state index in [1.165, 1.54) is 17.0 Å². The molecule has 0 aromatic carbocycles. The molecule has 1 aromatic heterocycles. The van der Waals surface area contributed by atoms with Gasteiger partial charge in [-0.1, -0.05) is 0 Å². The Morgan fingerprint density at radius 1 is 1.53 bits per heavy atom. The van der Waals surface area contributed by atoms with Crippen LogP contribution in [0.2, 0.25) is 0 Å². The van der Waals surface area contributed by atoms with Gasteiger partial charge in [0, 0.05) is 19.2 Å². The number of aromatic nitrogens is 1. The molecule has 0 saturated carbocycles. The fourth-order valence-electron chi connectivity index (χ4n) is 1.34. The molecule has 1 aliphatic rings. The zero-order chi connectivity index (χ0) is 10.8. The Kier molecular flexibility index (Phi) is 2.20. The number of carbonyl (C=O) groups excluding carboxylic acids is 1. The van der Waals surface area contributed by atoms with Crippen molar-refractivity contribution < 1.29 is 9.72 Å². The van der Waals surface area contributed by atoms with Gasteiger partial charge in [-0.15, -0.1) is 0 Å².